The maximum absolute atomic E-state index is 13.0. The van der Waals surface area contributed by atoms with Crippen LogP contribution in [0.3, 0.4) is 0 Å². The summed E-state index contributed by atoms with van der Waals surface area (Å²) in [7, 11) is -4.93. The van der Waals surface area contributed by atoms with Gasteiger partial charge in [0.15, 0.2) is 0 Å². The van der Waals surface area contributed by atoms with E-state index in [9.17, 15) is 22.0 Å². The van der Waals surface area contributed by atoms with E-state index in [0.29, 0.717) is 19.0 Å². The summed E-state index contributed by atoms with van der Waals surface area (Å²) in [6, 6.07) is 10.6. The highest BCUT2D eigenvalue weighted by atomic mass is 32.2. The van der Waals surface area contributed by atoms with Gasteiger partial charge in [-0.25, -0.2) is 23.4 Å². The number of piperazine rings is 1. The molecule has 172 valence electrons. The maximum Gasteiger partial charge on any atom is 0.341 e. The monoisotopic (exact) mass is 474 g/mol. The fourth-order valence-electron chi connectivity index (χ4n) is 3.42. The van der Waals surface area contributed by atoms with Gasteiger partial charge >= 0.3 is 5.76 Å². The largest absolute Gasteiger partial charge is 0.353 e. The Kier molecular flexibility index (Phi) is 6.45. The topological polar surface area (TPSA) is 108 Å². The first kappa shape index (κ1) is 22.5. The summed E-state index contributed by atoms with van der Waals surface area (Å²) < 4.78 is 49.7. The Morgan fingerprint density at radius 1 is 0.909 bits per heavy atom. The van der Waals surface area contributed by atoms with E-state index in [2.05, 4.69) is 25.2 Å². The molecule has 12 heteroatoms. The highest BCUT2D eigenvalue weighted by molar-refractivity contribution is 7.91. The summed E-state index contributed by atoms with van der Waals surface area (Å²) in [4.78, 5) is 28.9. The van der Waals surface area contributed by atoms with Crippen molar-refractivity contribution in [1.29, 1.82) is 0 Å². The summed E-state index contributed by atoms with van der Waals surface area (Å²) >= 11 is 0. The molecule has 3 aromatic rings. The Bertz CT molecular complexity index is 1220. The zero-order valence-electron chi connectivity index (χ0n) is 17.3. The van der Waals surface area contributed by atoms with Gasteiger partial charge in [-0.1, -0.05) is 18.2 Å². The summed E-state index contributed by atoms with van der Waals surface area (Å²) in [5, 5.41) is 2.46. The fraction of sp³-hybridized carbons (Fsp3) is 0.238. The van der Waals surface area contributed by atoms with Crippen LogP contribution in [-0.4, -0.2) is 61.2 Å². The zero-order valence-corrected chi connectivity index (χ0v) is 18.1. The lowest BCUT2D eigenvalue weighted by atomic mass is 10.2. The van der Waals surface area contributed by atoms with Crippen LogP contribution in [0.5, 0.6) is 0 Å². The second kappa shape index (κ2) is 9.45. The van der Waals surface area contributed by atoms with Gasteiger partial charge in [-0.05, 0) is 24.3 Å². The normalized spacial score (nSPS) is 14.4. The van der Waals surface area contributed by atoms with E-state index in [-0.39, 0.29) is 11.3 Å². The molecule has 2 aromatic heterocycles. The number of halogens is 2. The van der Waals surface area contributed by atoms with E-state index in [1.807, 2.05) is 23.1 Å². The molecule has 1 aliphatic rings. The van der Waals surface area contributed by atoms with Crippen molar-refractivity contribution < 1.29 is 22.0 Å². The second-order valence-electron chi connectivity index (χ2n) is 7.19. The second-order valence-corrected chi connectivity index (χ2v) is 9.08. The van der Waals surface area contributed by atoms with E-state index in [1.54, 1.807) is 6.20 Å². The quantitative estimate of drug-likeness (QED) is 0.581. The molecule has 3 heterocycles. The third kappa shape index (κ3) is 4.90. The van der Waals surface area contributed by atoms with Crippen LogP contribution in [0.2, 0.25) is 0 Å². The summed E-state index contributed by atoms with van der Waals surface area (Å²) in [6.07, 6.45) is 4.52. The molecule has 0 radical (unpaired) electrons. The van der Waals surface area contributed by atoms with Crippen LogP contribution in [0, 0.1) is 0 Å². The van der Waals surface area contributed by atoms with Crippen molar-refractivity contribution in [3.05, 3.63) is 66.6 Å². The predicted octanol–water partition coefficient (Wildman–Crippen LogP) is 2.45. The van der Waals surface area contributed by atoms with Gasteiger partial charge in [0.05, 0.1) is 28.5 Å². The number of nitrogens with zero attached hydrogens (tertiary/aromatic N) is 5. The minimum Gasteiger partial charge on any atom is -0.353 e. The van der Waals surface area contributed by atoms with E-state index in [1.165, 1.54) is 30.6 Å². The molecule has 1 saturated heterocycles. The Labute approximate surface area is 189 Å². The molecule has 0 unspecified atom stereocenters. The number of hydrogen-bond donors (Lipinski definition) is 1. The van der Waals surface area contributed by atoms with Crippen LogP contribution in [0.15, 0.2) is 66.0 Å². The lowest BCUT2D eigenvalue weighted by molar-refractivity contribution is 0.102. The number of rotatable bonds is 6. The van der Waals surface area contributed by atoms with Crippen LogP contribution in [-0.2, 0) is 9.84 Å². The molecule has 1 aromatic carbocycles. The number of alkyl halides is 2. The van der Waals surface area contributed by atoms with Gasteiger partial charge in [-0.3, -0.25) is 4.79 Å². The Morgan fingerprint density at radius 2 is 1.55 bits per heavy atom. The average molecular weight is 474 g/mol. The van der Waals surface area contributed by atoms with Gasteiger partial charge in [-0.2, -0.15) is 8.78 Å². The standard InChI is InChI=1S/C21H20F2N6O3S/c22-20(23)33(31,32)17-6-2-1-5-16(17)19(30)27-15-13-25-21(26-14-15)29-11-9-28(10-12-29)18-7-3-4-8-24-18/h1-8,13-14,20H,9-12H2,(H,27,30). The van der Waals surface area contributed by atoms with Gasteiger partial charge in [-0.15, -0.1) is 0 Å². The predicted molar refractivity (Wildman–Crippen MR) is 118 cm³/mol. The first-order valence-electron chi connectivity index (χ1n) is 10.0. The van der Waals surface area contributed by atoms with Crippen molar-refractivity contribution in [3.63, 3.8) is 0 Å². The highest BCUT2D eigenvalue weighted by Crippen LogP contribution is 2.23. The molecule has 0 atom stereocenters. The molecular weight excluding hydrogens is 454 g/mol. The lowest BCUT2D eigenvalue weighted by Gasteiger charge is -2.35. The number of sulfone groups is 1. The number of aromatic nitrogens is 3. The van der Waals surface area contributed by atoms with Gasteiger partial charge in [0.1, 0.15) is 5.82 Å². The maximum atomic E-state index is 13.0. The van der Waals surface area contributed by atoms with Crippen LogP contribution < -0.4 is 15.1 Å². The van der Waals surface area contributed by atoms with Gasteiger partial charge in [0.25, 0.3) is 5.91 Å². The fourth-order valence-corrected chi connectivity index (χ4v) is 4.35. The molecule has 1 N–H and O–H groups in total. The minimum absolute atomic E-state index is 0.208. The Morgan fingerprint density at radius 3 is 2.18 bits per heavy atom. The van der Waals surface area contributed by atoms with Crippen molar-refractivity contribution in [1.82, 2.24) is 15.0 Å². The number of carbonyl (C=O) groups excluding carboxylic acids is 1. The van der Waals surface area contributed by atoms with E-state index in [4.69, 9.17) is 0 Å². The third-order valence-electron chi connectivity index (χ3n) is 5.10. The van der Waals surface area contributed by atoms with Crippen molar-refractivity contribution >= 4 is 33.2 Å². The zero-order chi connectivity index (χ0) is 23.4. The molecule has 0 bridgehead atoms. The number of amides is 1. The smallest absolute Gasteiger partial charge is 0.341 e. The molecule has 0 spiro atoms. The molecule has 1 amide bonds. The molecule has 1 fully saturated rings. The Hall–Kier alpha value is -3.67. The number of nitrogens with one attached hydrogen (secondary N) is 1. The molecule has 33 heavy (non-hydrogen) atoms. The van der Waals surface area contributed by atoms with E-state index in [0.717, 1.165) is 25.0 Å². The lowest BCUT2D eigenvalue weighted by Crippen LogP contribution is -2.47. The Balaban J connectivity index is 1.42. The first-order chi connectivity index (χ1) is 15.9. The average Bonchev–Trinajstić information content (AvgIpc) is 2.85. The number of benzene rings is 1. The summed E-state index contributed by atoms with van der Waals surface area (Å²) in [5.74, 6) is -3.10. The van der Waals surface area contributed by atoms with Crippen molar-refractivity contribution in [2.45, 2.75) is 10.7 Å². The van der Waals surface area contributed by atoms with Crippen LogP contribution >= 0.6 is 0 Å². The number of pyridine rings is 1. The van der Waals surface area contributed by atoms with Gasteiger partial charge < -0.3 is 15.1 Å². The van der Waals surface area contributed by atoms with Gasteiger partial charge in [0, 0.05) is 32.4 Å². The molecule has 9 nitrogen and oxygen atoms in total. The molecule has 0 aliphatic carbocycles. The summed E-state index contributed by atoms with van der Waals surface area (Å²) in [6.45, 7) is 2.85. The molecular formula is C21H20F2N6O3S. The highest BCUT2D eigenvalue weighted by Gasteiger charge is 2.31. The summed E-state index contributed by atoms with van der Waals surface area (Å²) in [5.41, 5.74) is -0.173. The van der Waals surface area contributed by atoms with Crippen molar-refractivity contribution in [3.8, 4) is 0 Å². The molecule has 1 aliphatic heterocycles. The van der Waals surface area contributed by atoms with E-state index < -0.39 is 26.4 Å². The van der Waals surface area contributed by atoms with Crippen molar-refractivity contribution in [2.75, 3.05) is 41.3 Å². The van der Waals surface area contributed by atoms with Crippen LogP contribution in [0.25, 0.3) is 0 Å². The van der Waals surface area contributed by atoms with E-state index >= 15 is 0 Å². The molecule has 4 rings (SSSR count). The van der Waals surface area contributed by atoms with Gasteiger partial charge in [0.2, 0.25) is 15.8 Å². The van der Waals surface area contributed by atoms with Crippen molar-refractivity contribution in [2.24, 2.45) is 0 Å². The van der Waals surface area contributed by atoms with Crippen LogP contribution in [0.1, 0.15) is 10.4 Å². The first-order valence-corrected chi connectivity index (χ1v) is 11.6. The third-order valence-corrected chi connectivity index (χ3v) is 6.54. The number of carbonyl (C=O) groups is 1. The number of hydrogen-bond acceptors (Lipinski definition) is 8. The van der Waals surface area contributed by atoms with Crippen LogP contribution in [0.4, 0.5) is 26.2 Å². The SMILES string of the molecule is O=C(Nc1cnc(N2CCN(c3ccccn3)CC2)nc1)c1ccccc1S(=O)(=O)C(F)F. The number of anilines is 3. The minimum atomic E-state index is -4.93. The molecule has 0 saturated carbocycles.